The summed E-state index contributed by atoms with van der Waals surface area (Å²) in [6, 6.07) is -0.0154. The van der Waals surface area contributed by atoms with Crippen molar-refractivity contribution in [3.8, 4) is 0 Å². The monoisotopic (exact) mass is 307 g/mol. The molecule has 2 aliphatic rings. The third-order valence-electron chi connectivity index (χ3n) is 5.19. The average Bonchev–Trinajstić information content (AvgIpc) is 2.96. The summed E-state index contributed by atoms with van der Waals surface area (Å²) in [5, 5.41) is 3.16. The zero-order valence-electron chi connectivity index (χ0n) is 12.9. The molecule has 1 aliphatic heterocycles. The van der Waals surface area contributed by atoms with E-state index < -0.39 is 12.1 Å². The Morgan fingerprint density at radius 2 is 1.90 bits per heavy atom. The Kier molecular flexibility index (Phi) is 6.35. The maximum Gasteiger partial charge on any atom is 0.392 e. The highest BCUT2D eigenvalue weighted by atomic mass is 19.4. The molecule has 1 N–H and O–H groups in total. The smallest absolute Gasteiger partial charge is 0.378 e. The van der Waals surface area contributed by atoms with Gasteiger partial charge in [-0.25, -0.2) is 0 Å². The van der Waals surface area contributed by atoms with Crippen LogP contribution in [0.4, 0.5) is 13.2 Å². The molecule has 4 atom stereocenters. The van der Waals surface area contributed by atoms with Gasteiger partial charge in [0.25, 0.3) is 0 Å². The van der Waals surface area contributed by atoms with E-state index >= 15 is 0 Å². The minimum Gasteiger partial charge on any atom is -0.378 e. The van der Waals surface area contributed by atoms with Gasteiger partial charge >= 0.3 is 6.18 Å². The Hall–Kier alpha value is -0.290. The van der Waals surface area contributed by atoms with Crippen molar-refractivity contribution < 1.29 is 17.9 Å². The molecule has 124 valence electrons. The summed E-state index contributed by atoms with van der Waals surface area (Å²) in [5.41, 5.74) is 0. The van der Waals surface area contributed by atoms with Crippen LogP contribution in [0.1, 0.15) is 57.8 Å². The molecule has 1 aliphatic carbocycles. The molecule has 4 unspecified atom stereocenters. The number of nitrogens with one attached hydrogen (secondary N) is 1. The largest absolute Gasteiger partial charge is 0.392 e. The summed E-state index contributed by atoms with van der Waals surface area (Å²) in [6.07, 6.45) is 3.95. The summed E-state index contributed by atoms with van der Waals surface area (Å²) in [5.74, 6) is -1.38. The van der Waals surface area contributed by atoms with E-state index in [4.69, 9.17) is 4.74 Å². The fourth-order valence-electron chi connectivity index (χ4n) is 4.06. The molecule has 0 aromatic heterocycles. The molecule has 2 rings (SSSR count). The number of rotatable bonds is 6. The van der Waals surface area contributed by atoms with E-state index in [1.165, 1.54) is 0 Å². The summed E-state index contributed by atoms with van der Waals surface area (Å²) in [7, 11) is 1.80. The Morgan fingerprint density at radius 3 is 2.52 bits per heavy atom. The lowest BCUT2D eigenvalue weighted by atomic mass is 9.73. The summed E-state index contributed by atoms with van der Waals surface area (Å²) < 4.78 is 45.2. The van der Waals surface area contributed by atoms with E-state index in [1.807, 2.05) is 0 Å². The number of hydrogen-bond donors (Lipinski definition) is 1. The molecule has 21 heavy (non-hydrogen) atoms. The van der Waals surface area contributed by atoms with Crippen LogP contribution < -0.4 is 5.32 Å². The van der Waals surface area contributed by atoms with Gasteiger partial charge < -0.3 is 10.1 Å². The van der Waals surface area contributed by atoms with Crippen molar-refractivity contribution >= 4 is 0 Å². The van der Waals surface area contributed by atoms with Crippen LogP contribution in [0.15, 0.2) is 0 Å². The highest BCUT2D eigenvalue weighted by Gasteiger charge is 2.47. The van der Waals surface area contributed by atoms with Crippen molar-refractivity contribution in [1.82, 2.24) is 5.32 Å². The normalized spacial score (nSPS) is 32.3. The van der Waals surface area contributed by atoms with E-state index in [0.29, 0.717) is 25.4 Å². The Balaban J connectivity index is 1.85. The van der Waals surface area contributed by atoms with E-state index in [9.17, 15) is 13.2 Å². The van der Waals surface area contributed by atoms with Gasteiger partial charge in [0.15, 0.2) is 0 Å². The van der Waals surface area contributed by atoms with E-state index in [2.05, 4.69) is 5.32 Å². The number of alkyl halides is 3. The molecule has 1 saturated carbocycles. The highest BCUT2D eigenvalue weighted by molar-refractivity contribution is 4.88. The second-order valence-electron chi connectivity index (χ2n) is 6.56. The van der Waals surface area contributed by atoms with Gasteiger partial charge in [0.2, 0.25) is 0 Å². The highest BCUT2D eigenvalue weighted by Crippen LogP contribution is 2.43. The molecule has 0 aromatic carbocycles. The lowest BCUT2D eigenvalue weighted by Gasteiger charge is -2.38. The van der Waals surface area contributed by atoms with Gasteiger partial charge in [-0.1, -0.05) is 12.8 Å². The Morgan fingerprint density at radius 1 is 1.14 bits per heavy atom. The zero-order chi connectivity index (χ0) is 15.3. The predicted molar refractivity (Wildman–Crippen MR) is 77.2 cm³/mol. The van der Waals surface area contributed by atoms with E-state index in [-0.39, 0.29) is 12.0 Å². The second kappa shape index (κ2) is 7.82. The van der Waals surface area contributed by atoms with Gasteiger partial charge in [-0.2, -0.15) is 13.2 Å². The van der Waals surface area contributed by atoms with Gasteiger partial charge in [-0.05, 0) is 57.9 Å². The van der Waals surface area contributed by atoms with Crippen molar-refractivity contribution in [3.63, 3.8) is 0 Å². The molecule has 5 heteroatoms. The fourth-order valence-corrected chi connectivity index (χ4v) is 4.06. The first-order chi connectivity index (χ1) is 10.0. The van der Waals surface area contributed by atoms with Gasteiger partial charge in [0.1, 0.15) is 0 Å². The van der Waals surface area contributed by atoms with Crippen LogP contribution in [0.25, 0.3) is 0 Å². The second-order valence-corrected chi connectivity index (χ2v) is 6.56. The van der Waals surface area contributed by atoms with Gasteiger partial charge in [0, 0.05) is 12.6 Å². The molecule has 0 amide bonds. The maximum absolute atomic E-state index is 13.2. The zero-order valence-corrected chi connectivity index (χ0v) is 12.9. The third-order valence-corrected chi connectivity index (χ3v) is 5.19. The standard InChI is InChI=1S/C16H28F3NO/c1-20-15(10-4-6-12-7-5-11-21-12)13-8-2-3-9-14(13)16(17,18)19/h12-15,20H,2-11H2,1H3. The van der Waals surface area contributed by atoms with E-state index in [1.54, 1.807) is 7.05 Å². The van der Waals surface area contributed by atoms with Crippen molar-refractivity contribution in [2.75, 3.05) is 13.7 Å². The molecular formula is C16H28F3NO. The van der Waals surface area contributed by atoms with Crippen LogP contribution in [-0.2, 0) is 4.74 Å². The van der Waals surface area contributed by atoms with Crippen molar-refractivity contribution in [2.24, 2.45) is 11.8 Å². The van der Waals surface area contributed by atoms with Gasteiger partial charge in [-0.3, -0.25) is 0 Å². The molecule has 1 saturated heterocycles. The maximum atomic E-state index is 13.2. The van der Waals surface area contributed by atoms with Gasteiger partial charge in [-0.15, -0.1) is 0 Å². The summed E-state index contributed by atoms with van der Waals surface area (Å²) >= 11 is 0. The summed E-state index contributed by atoms with van der Waals surface area (Å²) in [6.45, 7) is 0.846. The minimum absolute atomic E-state index is 0.0154. The fraction of sp³-hybridized carbons (Fsp3) is 1.00. The van der Waals surface area contributed by atoms with Crippen molar-refractivity contribution in [1.29, 1.82) is 0 Å². The molecule has 1 heterocycles. The lowest BCUT2D eigenvalue weighted by molar-refractivity contribution is -0.199. The third kappa shape index (κ3) is 4.85. The van der Waals surface area contributed by atoms with Crippen LogP contribution in [0.5, 0.6) is 0 Å². The molecule has 2 fully saturated rings. The number of hydrogen-bond acceptors (Lipinski definition) is 2. The number of ether oxygens (including phenoxy) is 1. The SMILES string of the molecule is CNC(CCCC1CCCO1)C1CCCCC1C(F)(F)F. The predicted octanol–water partition coefficient (Wildman–Crippen LogP) is 4.29. The quantitative estimate of drug-likeness (QED) is 0.790. The van der Waals surface area contributed by atoms with Crippen LogP contribution in [0.2, 0.25) is 0 Å². The number of halogens is 3. The first kappa shape index (κ1) is 17.1. The Labute approximate surface area is 125 Å². The van der Waals surface area contributed by atoms with Crippen LogP contribution in [-0.4, -0.2) is 32.0 Å². The molecular weight excluding hydrogens is 279 g/mol. The summed E-state index contributed by atoms with van der Waals surface area (Å²) in [4.78, 5) is 0. The molecule has 0 spiro atoms. The molecule has 0 aromatic rings. The van der Waals surface area contributed by atoms with Crippen LogP contribution in [0.3, 0.4) is 0 Å². The first-order valence-electron chi connectivity index (χ1n) is 8.38. The minimum atomic E-state index is -4.05. The Bertz CT molecular complexity index is 302. The first-order valence-corrected chi connectivity index (χ1v) is 8.38. The molecule has 0 radical (unpaired) electrons. The van der Waals surface area contributed by atoms with Crippen LogP contribution >= 0.6 is 0 Å². The average molecular weight is 307 g/mol. The van der Waals surface area contributed by atoms with Crippen molar-refractivity contribution in [3.05, 3.63) is 0 Å². The van der Waals surface area contributed by atoms with Crippen LogP contribution in [0, 0.1) is 11.8 Å². The molecule has 0 bridgehead atoms. The van der Waals surface area contributed by atoms with E-state index in [0.717, 1.165) is 45.1 Å². The van der Waals surface area contributed by atoms with Gasteiger partial charge in [0.05, 0.1) is 12.0 Å². The molecule has 2 nitrogen and oxygen atoms in total. The van der Waals surface area contributed by atoms with Crippen molar-refractivity contribution in [2.45, 2.75) is 76.1 Å². The lowest BCUT2D eigenvalue weighted by Crippen LogP contribution is -2.44. The topological polar surface area (TPSA) is 21.3 Å².